The number of hydrogen-bond donors (Lipinski definition) is 2. The number of aromatic nitrogens is 2. The van der Waals surface area contributed by atoms with Gasteiger partial charge in [0.1, 0.15) is 0 Å². The van der Waals surface area contributed by atoms with Crippen LogP contribution in [0.4, 0.5) is 0 Å². The first-order valence-electron chi connectivity index (χ1n) is 6.27. The summed E-state index contributed by atoms with van der Waals surface area (Å²) < 4.78 is 1.66. The van der Waals surface area contributed by atoms with Gasteiger partial charge in [-0.3, -0.25) is 4.79 Å². The molecule has 2 rings (SSSR count). The molecule has 0 aliphatic carbocycles. The molecule has 1 fully saturated rings. The minimum absolute atomic E-state index is 0.0174. The van der Waals surface area contributed by atoms with Crippen molar-refractivity contribution in [1.82, 2.24) is 19.8 Å². The zero-order valence-electron chi connectivity index (χ0n) is 10.9. The number of aromatic carboxylic acids is 1. The quantitative estimate of drug-likeness (QED) is 0.760. The smallest absolute Gasteiger partial charge is 0.356 e. The van der Waals surface area contributed by atoms with Gasteiger partial charge in [0, 0.05) is 25.8 Å². The number of carboxylic acids is 1. The van der Waals surface area contributed by atoms with Gasteiger partial charge in [-0.25, -0.2) is 9.78 Å². The van der Waals surface area contributed by atoms with Crippen molar-refractivity contribution in [3.05, 3.63) is 18.2 Å². The Morgan fingerprint density at radius 2 is 2.37 bits per heavy atom. The van der Waals surface area contributed by atoms with Crippen LogP contribution in [-0.4, -0.2) is 58.1 Å². The molecular weight excluding hydrogens is 248 g/mol. The van der Waals surface area contributed by atoms with E-state index in [9.17, 15) is 9.59 Å². The zero-order chi connectivity index (χ0) is 13.8. The van der Waals surface area contributed by atoms with Crippen molar-refractivity contribution in [3.63, 3.8) is 0 Å². The second-order valence-corrected chi connectivity index (χ2v) is 4.84. The van der Waals surface area contributed by atoms with Gasteiger partial charge < -0.3 is 19.9 Å². The van der Waals surface area contributed by atoms with E-state index in [1.807, 2.05) is 7.05 Å². The van der Waals surface area contributed by atoms with E-state index >= 15 is 0 Å². The summed E-state index contributed by atoms with van der Waals surface area (Å²) >= 11 is 0. The summed E-state index contributed by atoms with van der Waals surface area (Å²) in [5, 5.41) is 11.6. The van der Waals surface area contributed by atoms with Crippen molar-refractivity contribution in [2.75, 3.05) is 26.7 Å². The average molecular weight is 266 g/mol. The fourth-order valence-corrected chi connectivity index (χ4v) is 2.19. The number of carboxylic acid groups (broad SMARTS) is 1. The molecule has 0 saturated carbocycles. The Morgan fingerprint density at radius 3 is 2.95 bits per heavy atom. The summed E-state index contributed by atoms with van der Waals surface area (Å²) in [5.41, 5.74) is 0.0174. The highest BCUT2D eigenvalue weighted by Crippen LogP contribution is 2.13. The lowest BCUT2D eigenvalue weighted by Crippen LogP contribution is -2.34. The maximum Gasteiger partial charge on any atom is 0.356 e. The summed E-state index contributed by atoms with van der Waals surface area (Å²) in [6, 6.07) is 0. The van der Waals surface area contributed by atoms with E-state index < -0.39 is 5.97 Å². The van der Waals surface area contributed by atoms with E-state index in [-0.39, 0.29) is 17.5 Å². The Labute approximate surface area is 111 Å². The van der Waals surface area contributed by atoms with Gasteiger partial charge in [-0.1, -0.05) is 0 Å². The third-order valence-corrected chi connectivity index (χ3v) is 3.28. The molecule has 0 bridgehead atoms. The first-order valence-corrected chi connectivity index (χ1v) is 6.27. The Morgan fingerprint density at radius 1 is 1.58 bits per heavy atom. The van der Waals surface area contributed by atoms with Gasteiger partial charge in [-0.15, -0.1) is 0 Å². The second kappa shape index (κ2) is 5.83. The molecule has 1 aliphatic rings. The maximum absolute atomic E-state index is 11.8. The number of likely N-dealkylation sites (tertiary alicyclic amines) is 1. The molecule has 0 spiro atoms. The van der Waals surface area contributed by atoms with Crippen molar-refractivity contribution < 1.29 is 14.7 Å². The number of carbonyl (C=O) groups is 2. The SMILES string of the molecule is CN1CCC(C(=O)NCCn2cnc(C(=O)O)c2)C1. The van der Waals surface area contributed by atoms with E-state index in [1.165, 1.54) is 12.5 Å². The number of imidazole rings is 1. The molecule has 0 radical (unpaired) electrons. The molecule has 1 saturated heterocycles. The lowest BCUT2D eigenvalue weighted by atomic mass is 10.1. The van der Waals surface area contributed by atoms with Gasteiger partial charge >= 0.3 is 5.97 Å². The van der Waals surface area contributed by atoms with Crippen molar-refractivity contribution >= 4 is 11.9 Å². The maximum atomic E-state index is 11.8. The highest BCUT2D eigenvalue weighted by molar-refractivity contribution is 5.84. The average Bonchev–Trinajstić information content (AvgIpc) is 2.98. The molecule has 2 heterocycles. The number of nitrogens with zero attached hydrogens (tertiary/aromatic N) is 3. The van der Waals surface area contributed by atoms with Crippen LogP contribution < -0.4 is 5.32 Å². The second-order valence-electron chi connectivity index (χ2n) is 4.84. The normalized spacial score (nSPS) is 19.5. The Balaban J connectivity index is 1.73. The molecule has 1 atom stereocenters. The topological polar surface area (TPSA) is 87.5 Å². The summed E-state index contributed by atoms with van der Waals surface area (Å²) in [7, 11) is 2.01. The molecule has 1 amide bonds. The predicted octanol–water partition coefficient (Wildman–Crippen LogP) is -0.351. The first kappa shape index (κ1) is 13.5. The van der Waals surface area contributed by atoms with E-state index in [1.54, 1.807) is 4.57 Å². The fraction of sp³-hybridized carbons (Fsp3) is 0.583. The van der Waals surface area contributed by atoms with Gasteiger partial charge in [0.25, 0.3) is 0 Å². The van der Waals surface area contributed by atoms with Gasteiger partial charge in [-0.05, 0) is 20.0 Å². The van der Waals surface area contributed by atoms with Crippen LogP contribution in [0.15, 0.2) is 12.5 Å². The first-order chi connectivity index (χ1) is 9.06. The van der Waals surface area contributed by atoms with Crippen LogP contribution in [0.3, 0.4) is 0 Å². The Hall–Kier alpha value is -1.89. The molecule has 0 aromatic carbocycles. The molecular formula is C12H18N4O3. The zero-order valence-corrected chi connectivity index (χ0v) is 10.9. The van der Waals surface area contributed by atoms with E-state index in [0.717, 1.165) is 19.5 Å². The van der Waals surface area contributed by atoms with Crippen molar-refractivity contribution in [2.24, 2.45) is 5.92 Å². The van der Waals surface area contributed by atoms with E-state index in [0.29, 0.717) is 13.1 Å². The minimum atomic E-state index is -1.04. The Bertz CT molecular complexity index is 471. The highest BCUT2D eigenvalue weighted by Gasteiger charge is 2.25. The van der Waals surface area contributed by atoms with Gasteiger partial charge in [0.2, 0.25) is 5.91 Å². The predicted molar refractivity (Wildman–Crippen MR) is 67.8 cm³/mol. The fourth-order valence-electron chi connectivity index (χ4n) is 2.19. The molecule has 1 aliphatic heterocycles. The molecule has 1 unspecified atom stereocenters. The van der Waals surface area contributed by atoms with Gasteiger partial charge in [-0.2, -0.15) is 0 Å². The molecule has 2 N–H and O–H groups in total. The third kappa shape index (κ3) is 3.54. The molecule has 7 heteroatoms. The van der Waals surface area contributed by atoms with Crippen LogP contribution in [0.1, 0.15) is 16.9 Å². The Kier molecular flexibility index (Phi) is 4.16. The third-order valence-electron chi connectivity index (χ3n) is 3.28. The van der Waals surface area contributed by atoms with Crippen molar-refractivity contribution in [2.45, 2.75) is 13.0 Å². The summed E-state index contributed by atoms with van der Waals surface area (Å²) in [6.07, 6.45) is 3.81. The van der Waals surface area contributed by atoms with Gasteiger partial charge in [0.05, 0.1) is 12.2 Å². The van der Waals surface area contributed by atoms with Crippen LogP contribution in [-0.2, 0) is 11.3 Å². The molecule has 7 nitrogen and oxygen atoms in total. The number of rotatable bonds is 5. The van der Waals surface area contributed by atoms with Gasteiger partial charge in [0.15, 0.2) is 5.69 Å². The largest absolute Gasteiger partial charge is 0.476 e. The van der Waals surface area contributed by atoms with Crippen molar-refractivity contribution in [1.29, 1.82) is 0 Å². The van der Waals surface area contributed by atoms with E-state index in [2.05, 4.69) is 15.2 Å². The monoisotopic (exact) mass is 266 g/mol. The molecule has 104 valence electrons. The highest BCUT2D eigenvalue weighted by atomic mass is 16.4. The standard InChI is InChI=1S/C12H18N4O3/c1-15-4-2-9(6-15)11(17)13-3-5-16-7-10(12(18)19)14-8-16/h7-9H,2-6H2,1H3,(H,13,17)(H,18,19). The number of amides is 1. The number of carbonyl (C=O) groups excluding carboxylic acids is 1. The molecule has 1 aromatic rings. The summed E-state index contributed by atoms with van der Waals surface area (Å²) in [4.78, 5) is 28.4. The van der Waals surface area contributed by atoms with Crippen molar-refractivity contribution in [3.8, 4) is 0 Å². The van der Waals surface area contributed by atoms with Crippen LogP contribution in [0.2, 0.25) is 0 Å². The molecule has 1 aromatic heterocycles. The number of nitrogens with one attached hydrogen (secondary N) is 1. The van der Waals surface area contributed by atoms with Crippen LogP contribution in [0, 0.1) is 5.92 Å². The van der Waals surface area contributed by atoms with Crippen LogP contribution in [0.5, 0.6) is 0 Å². The minimum Gasteiger partial charge on any atom is -0.476 e. The lowest BCUT2D eigenvalue weighted by molar-refractivity contribution is -0.124. The lowest BCUT2D eigenvalue weighted by Gasteiger charge is -2.11. The number of hydrogen-bond acceptors (Lipinski definition) is 4. The van der Waals surface area contributed by atoms with Crippen LogP contribution >= 0.6 is 0 Å². The summed E-state index contributed by atoms with van der Waals surface area (Å²) in [6.45, 7) is 2.77. The van der Waals surface area contributed by atoms with E-state index in [4.69, 9.17) is 5.11 Å². The molecule has 19 heavy (non-hydrogen) atoms. The summed E-state index contributed by atoms with van der Waals surface area (Å²) in [5.74, 6) is -0.901. The van der Waals surface area contributed by atoms with Crippen LogP contribution in [0.25, 0.3) is 0 Å².